The van der Waals surface area contributed by atoms with Gasteiger partial charge >= 0.3 is 6.18 Å². The maximum absolute atomic E-state index is 12.8. The molecule has 0 spiro atoms. The number of hydrogen-bond acceptors (Lipinski definition) is 3. The standard InChI is InChI=1S/C16H21ClF3N3/c17-12-7-13(21)14(22-9-10-1-2-10)8-15(12)23-5-3-11(4-6-23)16(18,19)20/h7-8,10-11,22H,1-6,9,21H2. The van der Waals surface area contributed by atoms with E-state index in [0.29, 0.717) is 29.7 Å². The number of nitrogens with zero attached hydrogens (tertiary/aromatic N) is 1. The second-order valence-corrected chi connectivity index (χ2v) is 6.93. The minimum Gasteiger partial charge on any atom is -0.397 e. The maximum atomic E-state index is 12.8. The summed E-state index contributed by atoms with van der Waals surface area (Å²) in [6.45, 7) is 1.59. The lowest BCUT2D eigenvalue weighted by atomic mass is 9.96. The van der Waals surface area contributed by atoms with Crippen molar-refractivity contribution in [2.75, 3.05) is 35.6 Å². The van der Waals surface area contributed by atoms with Crippen LogP contribution in [0.4, 0.5) is 30.2 Å². The summed E-state index contributed by atoms with van der Waals surface area (Å²) in [7, 11) is 0. The van der Waals surface area contributed by atoms with Crippen LogP contribution in [0, 0.1) is 11.8 Å². The first kappa shape index (κ1) is 16.6. The number of nitrogens with one attached hydrogen (secondary N) is 1. The highest BCUT2D eigenvalue weighted by Gasteiger charge is 2.41. The lowest BCUT2D eigenvalue weighted by Crippen LogP contribution is -2.39. The topological polar surface area (TPSA) is 41.3 Å². The Balaban J connectivity index is 1.70. The van der Waals surface area contributed by atoms with Gasteiger partial charge in [0.15, 0.2) is 0 Å². The van der Waals surface area contributed by atoms with Gasteiger partial charge in [-0.05, 0) is 43.7 Å². The molecule has 23 heavy (non-hydrogen) atoms. The average molecular weight is 348 g/mol. The molecule has 1 saturated carbocycles. The van der Waals surface area contributed by atoms with Crippen molar-refractivity contribution in [3.63, 3.8) is 0 Å². The van der Waals surface area contributed by atoms with E-state index < -0.39 is 12.1 Å². The van der Waals surface area contributed by atoms with Crippen LogP contribution in [0.15, 0.2) is 12.1 Å². The molecule has 0 atom stereocenters. The van der Waals surface area contributed by atoms with Crippen LogP contribution in [-0.2, 0) is 0 Å². The van der Waals surface area contributed by atoms with Crippen LogP contribution in [0.2, 0.25) is 5.02 Å². The lowest BCUT2D eigenvalue weighted by molar-refractivity contribution is -0.179. The molecule has 1 saturated heterocycles. The van der Waals surface area contributed by atoms with Crippen LogP contribution in [0.5, 0.6) is 0 Å². The first-order valence-corrected chi connectivity index (χ1v) is 8.37. The summed E-state index contributed by atoms with van der Waals surface area (Å²) in [5.74, 6) is -0.505. The molecular weight excluding hydrogens is 327 g/mol. The number of halogens is 4. The van der Waals surface area contributed by atoms with Gasteiger partial charge in [-0.15, -0.1) is 0 Å². The van der Waals surface area contributed by atoms with E-state index in [-0.39, 0.29) is 12.8 Å². The van der Waals surface area contributed by atoms with E-state index in [1.54, 1.807) is 6.07 Å². The van der Waals surface area contributed by atoms with Crippen LogP contribution >= 0.6 is 11.6 Å². The van der Waals surface area contributed by atoms with Crippen molar-refractivity contribution < 1.29 is 13.2 Å². The fourth-order valence-corrected chi connectivity index (χ4v) is 3.29. The molecule has 1 aliphatic carbocycles. The molecule has 0 amide bonds. The third-order valence-electron chi connectivity index (χ3n) is 4.70. The zero-order valence-corrected chi connectivity index (χ0v) is 13.6. The molecule has 128 valence electrons. The number of benzene rings is 1. The van der Waals surface area contributed by atoms with Gasteiger partial charge in [0.1, 0.15) is 0 Å². The number of anilines is 3. The first-order valence-electron chi connectivity index (χ1n) is 7.99. The largest absolute Gasteiger partial charge is 0.397 e. The summed E-state index contributed by atoms with van der Waals surface area (Å²) in [6, 6.07) is 3.55. The fourth-order valence-electron chi connectivity index (χ4n) is 3.00. The Labute approximate surface area is 139 Å². The Morgan fingerprint density at radius 3 is 2.39 bits per heavy atom. The molecular formula is C16H21ClF3N3. The molecule has 2 aliphatic rings. The zero-order valence-electron chi connectivity index (χ0n) is 12.8. The van der Waals surface area contributed by atoms with Crippen LogP contribution in [0.25, 0.3) is 0 Å². The molecule has 1 aromatic rings. The second kappa shape index (κ2) is 6.30. The predicted octanol–water partition coefficient (Wildman–Crippen LogP) is 4.52. The van der Waals surface area contributed by atoms with Crippen molar-refractivity contribution >= 4 is 28.7 Å². The van der Waals surface area contributed by atoms with Gasteiger partial charge in [-0.25, -0.2) is 0 Å². The maximum Gasteiger partial charge on any atom is 0.391 e. The number of rotatable bonds is 4. The molecule has 3 N–H and O–H groups in total. The van der Waals surface area contributed by atoms with Gasteiger partial charge in [-0.3, -0.25) is 0 Å². The van der Waals surface area contributed by atoms with Crippen molar-refractivity contribution in [1.29, 1.82) is 0 Å². The first-order chi connectivity index (χ1) is 10.8. The van der Waals surface area contributed by atoms with E-state index in [1.807, 2.05) is 11.0 Å². The van der Waals surface area contributed by atoms with Crippen molar-refractivity contribution in [2.45, 2.75) is 31.9 Å². The Hall–Kier alpha value is -1.30. The smallest absolute Gasteiger partial charge is 0.391 e. The highest BCUT2D eigenvalue weighted by molar-refractivity contribution is 6.33. The third-order valence-corrected chi connectivity index (χ3v) is 5.00. The number of piperidine rings is 1. The molecule has 2 fully saturated rings. The molecule has 0 aromatic heterocycles. The van der Waals surface area contributed by atoms with Gasteiger partial charge in [-0.2, -0.15) is 13.2 Å². The SMILES string of the molecule is Nc1cc(Cl)c(N2CCC(C(F)(F)F)CC2)cc1NCC1CC1. The number of hydrogen-bond donors (Lipinski definition) is 2. The van der Waals surface area contributed by atoms with Crippen LogP contribution in [-0.4, -0.2) is 25.8 Å². The third kappa shape index (κ3) is 3.97. The highest BCUT2D eigenvalue weighted by atomic mass is 35.5. The van der Waals surface area contributed by atoms with Crippen LogP contribution < -0.4 is 16.0 Å². The van der Waals surface area contributed by atoms with E-state index >= 15 is 0 Å². The van der Waals surface area contributed by atoms with Crippen LogP contribution in [0.3, 0.4) is 0 Å². The van der Waals surface area contributed by atoms with Gasteiger partial charge in [0.25, 0.3) is 0 Å². The van der Waals surface area contributed by atoms with Gasteiger partial charge < -0.3 is 16.0 Å². The Morgan fingerprint density at radius 1 is 1.17 bits per heavy atom. The van der Waals surface area contributed by atoms with E-state index in [9.17, 15) is 13.2 Å². The van der Waals surface area contributed by atoms with Crippen molar-refractivity contribution in [3.8, 4) is 0 Å². The summed E-state index contributed by atoms with van der Waals surface area (Å²) < 4.78 is 38.3. The van der Waals surface area contributed by atoms with Gasteiger partial charge in [-0.1, -0.05) is 11.6 Å². The van der Waals surface area contributed by atoms with Gasteiger partial charge in [0.05, 0.1) is 28.0 Å². The summed E-state index contributed by atoms with van der Waals surface area (Å²) in [4.78, 5) is 1.92. The zero-order chi connectivity index (χ0) is 16.6. The van der Waals surface area contributed by atoms with Gasteiger partial charge in [0, 0.05) is 19.6 Å². The molecule has 0 bridgehead atoms. The summed E-state index contributed by atoms with van der Waals surface area (Å²) >= 11 is 6.26. The second-order valence-electron chi connectivity index (χ2n) is 6.52. The number of alkyl halides is 3. The normalized spacial score (nSPS) is 19.9. The summed E-state index contributed by atoms with van der Waals surface area (Å²) in [5.41, 5.74) is 8.14. The van der Waals surface area contributed by atoms with E-state index in [2.05, 4.69) is 5.32 Å². The number of nitrogen functional groups attached to an aromatic ring is 1. The average Bonchev–Trinajstić information content (AvgIpc) is 3.30. The Morgan fingerprint density at radius 2 is 1.83 bits per heavy atom. The molecule has 0 unspecified atom stereocenters. The minimum atomic E-state index is -4.10. The van der Waals surface area contributed by atoms with Gasteiger partial charge in [0.2, 0.25) is 0 Å². The minimum absolute atomic E-state index is 0.106. The summed E-state index contributed by atoms with van der Waals surface area (Å²) in [6.07, 6.45) is -1.42. The monoisotopic (exact) mass is 347 g/mol. The van der Waals surface area contributed by atoms with Crippen molar-refractivity contribution in [3.05, 3.63) is 17.2 Å². The summed E-state index contributed by atoms with van der Waals surface area (Å²) in [5, 5.41) is 3.81. The molecule has 0 radical (unpaired) electrons. The molecule has 3 nitrogen and oxygen atoms in total. The Kier molecular flexibility index (Phi) is 4.54. The molecule has 7 heteroatoms. The van der Waals surface area contributed by atoms with Crippen LogP contribution in [0.1, 0.15) is 25.7 Å². The number of nitrogens with two attached hydrogens (primary N) is 1. The molecule has 1 aliphatic heterocycles. The molecule has 1 heterocycles. The van der Waals surface area contributed by atoms with Crippen molar-refractivity contribution in [2.24, 2.45) is 11.8 Å². The molecule has 3 rings (SSSR count). The van der Waals surface area contributed by atoms with Crippen molar-refractivity contribution in [1.82, 2.24) is 0 Å². The van der Waals surface area contributed by atoms with E-state index in [1.165, 1.54) is 12.8 Å². The Bertz CT molecular complexity index is 564. The lowest BCUT2D eigenvalue weighted by Gasteiger charge is -2.35. The van der Waals surface area contributed by atoms with E-state index in [0.717, 1.165) is 17.9 Å². The highest BCUT2D eigenvalue weighted by Crippen LogP contribution is 2.39. The fraction of sp³-hybridized carbons (Fsp3) is 0.625. The quantitative estimate of drug-likeness (QED) is 0.787. The van der Waals surface area contributed by atoms with E-state index in [4.69, 9.17) is 17.3 Å². The molecule has 1 aromatic carbocycles. The predicted molar refractivity (Wildman–Crippen MR) is 88.1 cm³/mol.